The Balaban J connectivity index is 1.67. The number of nitrogens with zero attached hydrogens (tertiary/aromatic N) is 2. The van der Waals surface area contributed by atoms with Crippen molar-refractivity contribution in [3.63, 3.8) is 0 Å². The van der Waals surface area contributed by atoms with Gasteiger partial charge in [0, 0.05) is 11.8 Å². The molecule has 4 rings (SSSR count). The fourth-order valence-electron chi connectivity index (χ4n) is 3.05. The van der Waals surface area contributed by atoms with Crippen molar-refractivity contribution in [3.05, 3.63) is 121 Å². The average molecular weight is 380 g/mol. The molecule has 29 heavy (non-hydrogen) atoms. The summed E-state index contributed by atoms with van der Waals surface area (Å²) in [5, 5.41) is 4.52. The molecule has 0 radical (unpaired) electrons. The first-order valence-electron chi connectivity index (χ1n) is 9.33. The fourth-order valence-corrected chi connectivity index (χ4v) is 3.05. The van der Waals surface area contributed by atoms with Crippen molar-refractivity contribution >= 4 is 11.7 Å². The van der Waals surface area contributed by atoms with Gasteiger partial charge in [-0.05, 0) is 16.7 Å². The number of benzene rings is 3. The summed E-state index contributed by atoms with van der Waals surface area (Å²) in [6.07, 6.45) is 1.82. The molecule has 0 bridgehead atoms. The highest BCUT2D eigenvalue weighted by Crippen LogP contribution is 2.26. The molecule has 1 aromatic heterocycles. The number of esters is 1. The third-order valence-corrected chi connectivity index (χ3v) is 4.59. The van der Waals surface area contributed by atoms with Gasteiger partial charge >= 0.3 is 5.97 Å². The summed E-state index contributed by atoms with van der Waals surface area (Å²) in [6.45, 7) is 4.34. The van der Waals surface area contributed by atoms with E-state index >= 15 is 0 Å². The lowest BCUT2D eigenvalue weighted by Crippen LogP contribution is -2.08. The van der Waals surface area contributed by atoms with Crippen molar-refractivity contribution in [2.75, 3.05) is 0 Å². The van der Waals surface area contributed by atoms with Gasteiger partial charge in [0.25, 0.3) is 0 Å². The van der Waals surface area contributed by atoms with Crippen LogP contribution in [0.5, 0.6) is 0 Å². The summed E-state index contributed by atoms with van der Waals surface area (Å²) in [4.78, 5) is 12.9. The van der Waals surface area contributed by atoms with Crippen LogP contribution in [0.2, 0.25) is 0 Å². The van der Waals surface area contributed by atoms with Crippen LogP contribution in [-0.2, 0) is 11.3 Å². The van der Waals surface area contributed by atoms with Crippen molar-refractivity contribution in [1.82, 2.24) is 9.78 Å². The number of carbonyl (C=O) groups excluding carboxylic acids is 1. The number of ether oxygens (including phenoxy) is 1. The summed E-state index contributed by atoms with van der Waals surface area (Å²) in [5.74, 6) is -0.465. The topological polar surface area (TPSA) is 44.1 Å². The van der Waals surface area contributed by atoms with Crippen molar-refractivity contribution < 1.29 is 9.53 Å². The third kappa shape index (κ3) is 4.17. The van der Waals surface area contributed by atoms with Crippen LogP contribution in [0.25, 0.3) is 16.8 Å². The largest absolute Gasteiger partial charge is 0.456 e. The molecule has 0 atom stereocenters. The van der Waals surface area contributed by atoms with E-state index < -0.39 is 5.97 Å². The van der Waals surface area contributed by atoms with E-state index in [1.54, 1.807) is 4.68 Å². The van der Waals surface area contributed by atoms with Crippen LogP contribution in [0.4, 0.5) is 0 Å². The minimum Gasteiger partial charge on any atom is -0.456 e. The van der Waals surface area contributed by atoms with E-state index in [4.69, 9.17) is 4.74 Å². The van der Waals surface area contributed by atoms with Gasteiger partial charge in [0.05, 0.1) is 5.70 Å². The number of rotatable bonds is 6. The van der Waals surface area contributed by atoms with Gasteiger partial charge in [0.1, 0.15) is 6.61 Å². The summed E-state index contributed by atoms with van der Waals surface area (Å²) in [5.41, 5.74) is 4.41. The molecule has 0 amide bonds. The Morgan fingerprint density at radius 3 is 2.10 bits per heavy atom. The number of carbonyl (C=O) groups is 1. The molecule has 0 aliphatic rings. The lowest BCUT2D eigenvalue weighted by molar-refractivity contribution is 0.0466. The maximum Gasteiger partial charge on any atom is 0.359 e. The molecule has 0 spiro atoms. The molecule has 4 heteroatoms. The zero-order chi connectivity index (χ0) is 20.1. The van der Waals surface area contributed by atoms with Crippen molar-refractivity contribution in [3.8, 4) is 11.1 Å². The maximum atomic E-state index is 12.9. The van der Waals surface area contributed by atoms with Crippen LogP contribution in [0.15, 0.2) is 104 Å². The lowest BCUT2D eigenvalue weighted by atomic mass is 10.1. The van der Waals surface area contributed by atoms with E-state index in [9.17, 15) is 4.79 Å². The average Bonchev–Trinajstić information content (AvgIpc) is 3.24. The van der Waals surface area contributed by atoms with Crippen LogP contribution in [-0.4, -0.2) is 15.7 Å². The molecule has 142 valence electrons. The minimum atomic E-state index is -0.465. The van der Waals surface area contributed by atoms with Gasteiger partial charge in [-0.25, -0.2) is 9.48 Å². The van der Waals surface area contributed by atoms with Crippen LogP contribution < -0.4 is 0 Å². The molecular weight excluding hydrogens is 360 g/mol. The first-order valence-corrected chi connectivity index (χ1v) is 9.33. The fraction of sp³-hybridized carbons (Fsp3) is 0.0400. The van der Waals surface area contributed by atoms with E-state index in [1.807, 2.05) is 97.2 Å². The van der Waals surface area contributed by atoms with E-state index in [0.717, 1.165) is 16.7 Å². The Labute approximate surface area is 169 Å². The van der Waals surface area contributed by atoms with Gasteiger partial charge in [0.15, 0.2) is 5.69 Å². The SMILES string of the molecule is C=C(c1ccccc1)n1cc(-c2ccccc2)c(C(=O)OCc2ccccc2)n1. The Hall–Kier alpha value is -3.92. The molecule has 0 N–H and O–H groups in total. The van der Waals surface area contributed by atoms with Gasteiger partial charge < -0.3 is 4.74 Å². The first-order chi connectivity index (χ1) is 14.2. The molecule has 0 unspecified atom stereocenters. The Morgan fingerprint density at radius 1 is 0.862 bits per heavy atom. The summed E-state index contributed by atoms with van der Waals surface area (Å²) in [6, 6.07) is 29.0. The second kappa shape index (κ2) is 8.40. The van der Waals surface area contributed by atoms with E-state index in [-0.39, 0.29) is 12.3 Å². The molecule has 4 nitrogen and oxygen atoms in total. The van der Waals surface area contributed by atoms with E-state index in [1.165, 1.54) is 0 Å². The summed E-state index contributed by atoms with van der Waals surface area (Å²) >= 11 is 0. The predicted molar refractivity (Wildman–Crippen MR) is 114 cm³/mol. The summed E-state index contributed by atoms with van der Waals surface area (Å²) in [7, 11) is 0. The highest BCUT2D eigenvalue weighted by atomic mass is 16.5. The van der Waals surface area contributed by atoms with Crippen LogP contribution in [0, 0.1) is 0 Å². The van der Waals surface area contributed by atoms with Gasteiger partial charge in [-0.15, -0.1) is 0 Å². The van der Waals surface area contributed by atoms with Gasteiger partial charge in [-0.3, -0.25) is 0 Å². The zero-order valence-corrected chi connectivity index (χ0v) is 15.9. The van der Waals surface area contributed by atoms with Crippen molar-refractivity contribution in [2.45, 2.75) is 6.61 Å². The minimum absolute atomic E-state index is 0.195. The molecule has 3 aromatic carbocycles. The van der Waals surface area contributed by atoms with Gasteiger partial charge in [-0.1, -0.05) is 97.6 Å². The maximum absolute atomic E-state index is 12.9. The highest BCUT2D eigenvalue weighted by molar-refractivity contribution is 5.95. The van der Waals surface area contributed by atoms with E-state index in [2.05, 4.69) is 11.7 Å². The number of hydrogen-bond acceptors (Lipinski definition) is 3. The van der Waals surface area contributed by atoms with Crippen LogP contribution >= 0.6 is 0 Å². The molecule has 0 aliphatic carbocycles. The standard InChI is InChI=1S/C25H20N2O2/c1-19(21-13-7-3-8-14-21)27-17-23(22-15-9-4-10-16-22)24(26-27)25(28)29-18-20-11-5-2-6-12-20/h2-17H,1,18H2. The lowest BCUT2D eigenvalue weighted by Gasteiger charge is -2.06. The Bertz CT molecular complexity index is 1120. The molecule has 0 saturated carbocycles. The van der Waals surface area contributed by atoms with E-state index in [0.29, 0.717) is 11.3 Å². The first kappa shape index (κ1) is 18.4. The van der Waals surface area contributed by atoms with Gasteiger partial charge in [0.2, 0.25) is 0 Å². The Morgan fingerprint density at radius 2 is 1.45 bits per heavy atom. The Kier molecular flexibility index (Phi) is 5.34. The third-order valence-electron chi connectivity index (χ3n) is 4.59. The molecule has 0 saturated heterocycles. The number of aromatic nitrogens is 2. The van der Waals surface area contributed by atoms with Gasteiger partial charge in [-0.2, -0.15) is 5.10 Å². The molecular formula is C25H20N2O2. The van der Waals surface area contributed by atoms with Crippen LogP contribution in [0.1, 0.15) is 21.6 Å². The highest BCUT2D eigenvalue weighted by Gasteiger charge is 2.21. The second-order valence-electron chi connectivity index (χ2n) is 6.58. The predicted octanol–water partition coefficient (Wildman–Crippen LogP) is 5.43. The van der Waals surface area contributed by atoms with Crippen LogP contribution in [0.3, 0.4) is 0 Å². The molecule has 4 aromatic rings. The van der Waals surface area contributed by atoms with Crippen molar-refractivity contribution in [2.24, 2.45) is 0 Å². The smallest absolute Gasteiger partial charge is 0.359 e. The molecule has 1 heterocycles. The molecule has 0 aliphatic heterocycles. The second-order valence-corrected chi connectivity index (χ2v) is 6.58. The normalized spacial score (nSPS) is 10.5. The molecule has 0 fully saturated rings. The quantitative estimate of drug-likeness (QED) is 0.419. The number of hydrogen-bond donors (Lipinski definition) is 0. The monoisotopic (exact) mass is 380 g/mol. The summed E-state index contributed by atoms with van der Waals surface area (Å²) < 4.78 is 7.17. The van der Waals surface area contributed by atoms with Crippen molar-refractivity contribution in [1.29, 1.82) is 0 Å². The zero-order valence-electron chi connectivity index (χ0n) is 15.9.